The molecule has 1 N–H and O–H groups in total. The van der Waals surface area contributed by atoms with Crippen molar-refractivity contribution in [3.05, 3.63) is 0 Å². The summed E-state index contributed by atoms with van der Waals surface area (Å²) in [5.41, 5.74) is -0.842. The van der Waals surface area contributed by atoms with E-state index in [9.17, 15) is 14.4 Å². The first-order chi connectivity index (χ1) is 8.83. The lowest BCUT2D eigenvalue weighted by Crippen LogP contribution is -2.44. The van der Waals surface area contributed by atoms with Crippen LogP contribution in [0.3, 0.4) is 0 Å². The number of rotatable bonds is 2. The minimum absolute atomic E-state index is 0.00945. The van der Waals surface area contributed by atoms with Crippen molar-refractivity contribution in [2.45, 2.75) is 26.2 Å². The van der Waals surface area contributed by atoms with Crippen LogP contribution in [0.4, 0.5) is 0 Å². The van der Waals surface area contributed by atoms with Gasteiger partial charge in [0, 0.05) is 39.0 Å². The summed E-state index contributed by atoms with van der Waals surface area (Å²) in [6.07, 6.45) is 1.39. The Morgan fingerprint density at radius 3 is 2.58 bits per heavy atom. The molecule has 106 valence electrons. The van der Waals surface area contributed by atoms with E-state index in [1.165, 1.54) is 0 Å². The fraction of sp³-hybridized carbons (Fsp3) is 0.769. The highest BCUT2D eigenvalue weighted by Crippen LogP contribution is 2.32. The molecular weight excluding hydrogens is 248 g/mol. The normalized spacial score (nSPS) is 31.7. The minimum Gasteiger partial charge on any atom is -0.481 e. The highest BCUT2D eigenvalue weighted by molar-refractivity contribution is 5.87. The second-order valence-electron chi connectivity index (χ2n) is 5.88. The number of nitrogens with zero attached hydrogens (tertiary/aromatic N) is 2. The van der Waals surface area contributed by atoms with Gasteiger partial charge in [0.25, 0.3) is 0 Å². The van der Waals surface area contributed by atoms with Crippen molar-refractivity contribution in [3.8, 4) is 0 Å². The van der Waals surface area contributed by atoms with Crippen molar-refractivity contribution in [3.63, 3.8) is 0 Å². The molecular formula is C13H20N2O4. The van der Waals surface area contributed by atoms with Crippen LogP contribution in [0.5, 0.6) is 0 Å². The molecule has 0 aromatic rings. The lowest BCUT2D eigenvalue weighted by atomic mass is 9.90. The minimum atomic E-state index is -0.859. The van der Waals surface area contributed by atoms with Crippen LogP contribution in [-0.2, 0) is 14.4 Å². The molecule has 2 aliphatic rings. The van der Waals surface area contributed by atoms with Crippen LogP contribution in [0.2, 0.25) is 0 Å². The van der Waals surface area contributed by atoms with Gasteiger partial charge in [-0.25, -0.2) is 0 Å². The van der Waals surface area contributed by atoms with Gasteiger partial charge >= 0.3 is 5.97 Å². The van der Waals surface area contributed by atoms with E-state index >= 15 is 0 Å². The van der Waals surface area contributed by atoms with E-state index < -0.39 is 11.4 Å². The molecule has 6 heteroatoms. The Hall–Kier alpha value is -1.59. The molecule has 0 aromatic carbocycles. The number of likely N-dealkylation sites (tertiary alicyclic amines) is 2. The lowest BCUT2D eigenvalue weighted by molar-refractivity contribution is -0.148. The van der Waals surface area contributed by atoms with Crippen LogP contribution in [0.25, 0.3) is 0 Å². The molecule has 0 saturated carbocycles. The van der Waals surface area contributed by atoms with Crippen molar-refractivity contribution in [1.82, 2.24) is 9.80 Å². The largest absolute Gasteiger partial charge is 0.481 e. The first kappa shape index (κ1) is 13.8. The van der Waals surface area contributed by atoms with E-state index in [0.717, 1.165) is 0 Å². The Labute approximate surface area is 112 Å². The van der Waals surface area contributed by atoms with Gasteiger partial charge in [0.2, 0.25) is 11.8 Å². The molecule has 2 fully saturated rings. The fourth-order valence-corrected chi connectivity index (χ4v) is 2.74. The fourth-order valence-electron chi connectivity index (χ4n) is 2.74. The molecule has 0 aliphatic carbocycles. The quantitative estimate of drug-likeness (QED) is 0.775. The second kappa shape index (κ2) is 4.83. The summed E-state index contributed by atoms with van der Waals surface area (Å²) in [5.74, 6) is -1.21. The van der Waals surface area contributed by atoms with Crippen molar-refractivity contribution in [2.75, 3.05) is 26.7 Å². The monoisotopic (exact) mass is 268 g/mol. The smallest absolute Gasteiger partial charge is 0.311 e. The van der Waals surface area contributed by atoms with Gasteiger partial charge in [-0.15, -0.1) is 0 Å². The number of hydrogen-bond acceptors (Lipinski definition) is 3. The van der Waals surface area contributed by atoms with Crippen molar-refractivity contribution in [2.24, 2.45) is 11.3 Å². The third kappa shape index (κ3) is 2.57. The molecule has 0 unspecified atom stereocenters. The third-order valence-electron chi connectivity index (χ3n) is 4.31. The van der Waals surface area contributed by atoms with Gasteiger partial charge in [0.15, 0.2) is 0 Å². The molecule has 2 amide bonds. The predicted octanol–water partition coefficient (Wildman–Crippen LogP) is 0.178. The van der Waals surface area contributed by atoms with Crippen LogP contribution in [0, 0.1) is 11.3 Å². The van der Waals surface area contributed by atoms with E-state index in [1.54, 1.807) is 23.8 Å². The number of carboxylic acids is 1. The number of carboxylic acid groups (broad SMARTS) is 1. The molecule has 6 nitrogen and oxygen atoms in total. The van der Waals surface area contributed by atoms with Gasteiger partial charge in [0.1, 0.15) is 0 Å². The van der Waals surface area contributed by atoms with Gasteiger partial charge in [-0.3, -0.25) is 14.4 Å². The molecule has 0 bridgehead atoms. The molecule has 2 rings (SSSR count). The highest BCUT2D eigenvalue weighted by atomic mass is 16.4. The average Bonchev–Trinajstić information content (AvgIpc) is 2.76. The first-order valence-electron chi connectivity index (χ1n) is 6.59. The molecule has 19 heavy (non-hydrogen) atoms. The SMILES string of the molecule is CN1CC[C@H](C(=O)N2CC[C@](C)(C(=O)O)C2)CC1=O. The van der Waals surface area contributed by atoms with Gasteiger partial charge in [0.05, 0.1) is 5.41 Å². The first-order valence-corrected chi connectivity index (χ1v) is 6.59. The maximum atomic E-state index is 12.3. The summed E-state index contributed by atoms with van der Waals surface area (Å²) in [6, 6.07) is 0. The zero-order valence-electron chi connectivity index (χ0n) is 11.4. The van der Waals surface area contributed by atoms with Crippen LogP contribution in [-0.4, -0.2) is 59.4 Å². The molecule has 2 atom stereocenters. The third-order valence-corrected chi connectivity index (χ3v) is 4.31. The second-order valence-corrected chi connectivity index (χ2v) is 5.88. The van der Waals surface area contributed by atoms with Gasteiger partial charge in [-0.2, -0.15) is 0 Å². The Kier molecular flexibility index (Phi) is 3.52. The van der Waals surface area contributed by atoms with Crippen molar-refractivity contribution < 1.29 is 19.5 Å². The summed E-state index contributed by atoms with van der Waals surface area (Å²) in [4.78, 5) is 38.4. The number of hydrogen-bond donors (Lipinski definition) is 1. The van der Waals surface area contributed by atoms with E-state index in [2.05, 4.69) is 0 Å². The zero-order chi connectivity index (χ0) is 14.2. The maximum absolute atomic E-state index is 12.3. The van der Waals surface area contributed by atoms with Crippen LogP contribution in [0.1, 0.15) is 26.2 Å². The van der Waals surface area contributed by atoms with Gasteiger partial charge in [-0.1, -0.05) is 0 Å². The highest BCUT2D eigenvalue weighted by Gasteiger charge is 2.44. The van der Waals surface area contributed by atoms with E-state index in [4.69, 9.17) is 5.11 Å². The van der Waals surface area contributed by atoms with Crippen LogP contribution in [0.15, 0.2) is 0 Å². The summed E-state index contributed by atoms with van der Waals surface area (Å²) in [5, 5.41) is 9.16. The molecule has 2 heterocycles. The van der Waals surface area contributed by atoms with Crippen LogP contribution >= 0.6 is 0 Å². The molecule has 0 radical (unpaired) electrons. The average molecular weight is 268 g/mol. The molecule has 0 spiro atoms. The summed E-state index contributed by atoms with van der Waals surface area (Å²) >= 11 is 0. The topological polar surface area (TPSA) is 77.9 Å². The van der Waals surface area contributed by atoms with E-state index in [-0.39, 0.29) is 30.7 Å². The zero-order valence-corrected chi connectivity index (χ0v) is 11.4. The van der Waals surface area contributed by atoms with E-state index in [1.807, 2.05) is 0 Å². The van der Waals surface area contributed by atoms with Crippen LogP contribution < -0.4 is 0 Å². The molecule has 0 aromatic heterocycles. The Balaban J connectivity index is 1.98. The van der Waals surface area contributed by atoms with E-state index in [0.29, 0.717) is 25.9 Å². The predicted molar refractivity (Wildman–Crippen MR) is 67.3 cm³/mol. The Bertz CT molecular complexity index is 423. The van der Waals surface area contributed by atoms with Crippen molar-refractivity contribution >= 4 is 17.8 Å². The van der Waals surface area contributed by atoms with Gasteiger partial charge < -0.3 is 14.9 Å². The standard InChI is InChI=1S/C13H20N2O4/c1-13(12(18)19)4-6-15(8-13)11(17)9-3-5-14(2)10(16)7-9/h9H,3-8H2,1-2H3,(H,18,19)/t9-,13-/m0/s1. The lowest BCUT2D eigenvalue weighted by Gasteiger charge is -2.31. The summed E-state index contributed by atoms with van der Waals surface area (Å²) in [7, 11) is 1.74. The maximum Gasteiger partial charge on any atom is 0.311 e. The summed E-state index contributed by atoms with van der Waals surface area (Å²) in [6.45, 7) is 2.99. The number of carbonyl (C=O) groups is 3. The summed E-state index contributed by atoms with van der Waals surface area (Å²) < 4.78 is 0. The molecule has 2 saturated heterocycles. The van der Waals surface area contributed by atoms with Crippen molar-refractivity contribution in [1.29, 1.82) is 0 Å². The Morgan fingerprint density at radius 2 is 2.05 bits per heavy atom. The number of piperidine rings is 1. The number of carbonyl (C=O) groups excluding carboxylic acids is 2. The number of amides is 2. The Morgan fingerprint density at radius 1 is 1.37 bits per heavy atom. The number of aliphatic carboxylic acids is 1. The van der Waals surface area contributed by atoms with Gasteiger partial charge in [-0.05, 0) is 19.8 Å². The molecule has 2 aliphatic heterocycles.